The number of carbonyl (C=O) groups excluding carboxylic acids is 1. The number of rotatable bonds is 3. The molecular weight excluding hydrogens is 332 g/mol. The number of aryl methyl sites for hydroxylation is 1. The average molecular weight is 352 g/mol. The molecule has 2 saturated heterocycles. The molecule has 1 unspecified atom stereocenters. The number of hydrogen-bond donors (Lipinski definition) is 1. The molecule has 2 heterocycles. The number of carboxylic acids is 1. The Hall–Kier alpha value is -2.09. The standard InChI is InChI=1S/C16H20N2O5S/c1-11-9-13(18-6-2-8-24(18,22)23)3-4-14(11)15(19)17-7-5-12(10-17)16(20)21/h3-4,9,12H,2,5-8,10H2,1H3,(H,20,21). The van der Waals surface area contributed by atoms with Crippen LogP contribution in [0.5, 0.6) is 0 Å². The van der Waals surface area contributed by atoms with Crippen LogP contribution in [0.25, 0.3) is 0 Å². The van der Waals surface area contributed by atoms with Gasteiger partial charge in [-0.3, -0.25) is 13.9 Å². The molecule has 0 saturated carbocycles. The first-order valence-corrected chi connectivity index (χ1v) is 9.53. The van der Waals surface area contributed by atoms with E-state index < -0.39 is 21.9 Å². The fraction of sp³-hybridized carbons (Fsp3) is 0.500. The quantitative estimate of drug-likeness (QED) is 0.878. The Morgan fingerprint density at radius 2 is 2.00 bits per heavy atom. The van der Waals surface area contributed by atoms with Gasteiger partial charge in [0.2, 0.25) is 10.0 Å². The third-order valence-electron chi connectivity index (χ3n) is 4.65. The number of anilines is 1. The third-order valence-corrected chi connectivity index (χ3v) is 6.52. The van der Waals surface area contributed by atoms with Gasteiger partial charge in [0.25, 0.3) is 5.91 Å². The smallest absolute Gasteiger partial charge is 0.308 e. The molecule has 24 heavy (non-hydrogen) atoms. The van der Waals surface area contributed by atoms with Crippen LogP contribution in [0.2, 0.25) is 0 Å². The summed E-state index contributed by atoms with van der Waals surface area (Å²) in [6.45, 7) is 2.87. The van der Waals surface area contributed by atoms with Gasteiger partial charge < -0.3 is 10.0 Å². The molecule has 0 spiro atoms. The Kier molecular flexibility index (Phi) is 4.25. The minimum Gasteiger partial charge on any atom is -0.481 e. The van der Waals surface area contributed by atoms with Gasteiger partial charge in [0.15, 0.2) is 0 Å². The van der Waals surface area contributed by atoms with Gasteiger partial charge in [-0.15, -0.1) is 0 Å². The molecular formula is C16H20N2O5S. The van der Waals surface area contributed by atoms with Gasteiger partial charge in [-0.1, -0.05) is 0 Å². The zero-order chi connectivity index (χ0) is 17.5. The highest BCUT2D eigenvalue weighted by molar-refractivity contribution is 7.93. The number of benzene rings is 1. The lowest BCUT2D eigenvalue weighted by Crippen LogP contribution is -2.30. The summed E-state index contributed by atoms with van der Waals surface area (Å²) >= 11 is 0. The highest BCUT2D eigenvalue weighted by Crippen LogP contribution is 2.27. The number of hydrogen-bond acceptors (Lipinski definition) is 4. The molecule has 2 aliphatic heterocycles. The monoisotopic (exact) mass is 352 g/mol. The number of amides is 1. The number of sulfonamides is 1. The molecule has 1 amide bonds. The van der Waals surface area contributed by atoms with Crippen molar-refractivity contribution in [2.45, 2.75) is 19.8 Å². The maximum atomic E-state index is 12.6. The largest absolute Gasteiger partial charge is 0.481 e. The maximum absolute atomic E-state index is 12.6. The van der Waals surface area contributed by atoms with E-state index in [0.29, 0.717) is 42.7 Å². The normalized spacial score (nSPS) is 22.8. The summed E-state index contributed by atoms with van der Waals surface area (Å²) in [6.07, 6.45) is 1.07. The Bertz CT molecular complexity index is 790. The molecule has 2 aliphatic rings. The molecule has 130 valence electrons. The molecule has 0 aromatic heterocycles. The highest BCUT2D eigenvalue weighted by atomic mass is 32.2. The summed E-state index contributed by atoms with van der Waals surface area (Å²) in [6, 6.07) is 4.99. The first kappa shape index (κ1) is 16.8. The number of nitrogens with zero attached hydrogens (tertiary/aromatic N) is 2. The Morgan fingerprint density at radius 3 is 2.54 bits per heavy atom. The van der Waals surface area contributed by atoms with Crippen molar-refractivity contribution < 1.29 is 23.1 Å². The predicted molar refractivity (Wildman–Crippen MR) is 88.6 cm³/mol. The van der Waals surface area contributed by atoms with E-state index in [4.69, 9.17) is 5.11 Å². The molecule has 7 nitrogen and oxygen atoms in total. The van der Waals surface area contributed by atoms with Gasteiger partial charge >= 0.3 is 5.97 Å². The van der Waals surface area contributed by atoms with Crippen molar-refractivity contribution >= 4 is 27.6 Å². The van der Waals surface area contributed by atoms with Crippen molar-refractivity contribution in [3.63, 3.8) is 0 Å². The van der Waals surface area contributed by atoms with Gasteiger partial charge in [-0.05, 0) is 43.5 Å². The van der Waals surface area contributed by atoms with Crippen LogP contribution in [0.15, 0.2) is 18.2 Å². The third kappa shape index (κ3) is 2.98. The molecule has 0 radical (unpaired) electrons. The maximum Gasteiger partial charge on any atom is 0.308 e. The second-order valence-electron chi connectivity index (χ2n) is 6.32. The van der Waals surface area contributed by atoms with Crippen LogP contribution < -0.4 is 4.31 Å². The van der Waals surface area contributed by atoms with Crippen LogP contribution in [0.3, 0.4) is 0 Å². The van der Waals surface area contributed by atoms with E-state index in [2.05, 4.69) is 0 Å². The topological polar surface area (TPSA) is 95.0 Å². The first-order chi connectivity index (χ1) is 11.3. The van der Waals surface area contributed by atoms with Crippen LogP contribution in [0.1, 0.15) is 28.8 Å². The zero-order valence-corrected chi connectivity index (χ0v) is 14.3. The summed E-state index contributed by atoms with van der Waals surface area (Å²) in [7, 11) is -3.25. The van der Waals surface area contributed by atoms with Gasteiger partial charge in [-0.25, -0.2) is 8.42 Å². The predicted octanol–water partition coefficient (Wildman–Crippen LogP) is 1.08. The van der Waals surface area contributed by atoms with Crippen molar-refractivity contribution in [2.24, 2.45) is 5.92 Å². The lowest BCUT2D eigenvalue weighted by molar-refractivity contribution is -0.141. The minimum atomic E-state index is -3.25. The van der Waals surface area contributed by atoms with E-state index in [1.54, 1.807) is 30.0 Å². The molecule has 1 aromatic rings. The fourth-order valence-corrected chi connectivity index (χ4v) is 4.85. The fourth-order valence-electron chi connectivity index (χ4n) is 3.29. The van der Waals surface area contributed by atoms with E-state index in [-0.39, 0.29) is 18.2 Å². The molecule has 0 bridgehead atoms. The average Bonchev–Trinajstić information content (AvgIpc) is 3.12. The number of carboxylic acid groups (broad SMARTS) is 1. The van der Waals surface area contributed by atoms with Crippen molar-refractivity contribution in [3.8, 4) is 0 Å². The molecule has 1 N–H and O–H groups in total. The Labute approximate surface area is 140 Å². The second-order valence-corrected chi connectivity index (χ2v) is 8.33. The van der Waals surface area contributed by atoms with Gasteiger partial charge in [-0.2, -0.15) is 0 Å². The number of aliphatic carboxylic acids is 1. The van der Waals surface area contributed by atoms with Crippen molar-refractivity contribution in [1.29, 1.82) is 0 Å². The first-order valence-electron chi connectivity index (χ1n) is 7.93. The van der Waals surface area contributed by atoms with E-state index in [0.717, 1.165) is 0 Å². The summed E-state index contributed by atoms with van der Waals surface area (Å²) in [4.78, 5) is 25.2. The number of carbonyl (C=O) groups is 2. The summed E-state index contributed by atoms with van der Waals surface area (Å²) in [5, 5.41) is 9.04. The van der Waals surface area contributed by atoms with Crippen LogP contribution in [-0.2, 0) is 14.8 Å². The molecule has 1 aromatic carbocycles. The Morgan fingerprint density at radius 1 is 1.25 bits per heavy atom. The lowest BCUT2D eigenvalue weighted by atomic mass is 10.1. The van der Waals surface area contributed by atoms with Gasteiger partial charge in [0.05, 0.1) is 17.4 Å². The number of likely N-dealkylation sites (tertiary alicyclic amines) is 1. The van der Waals surface area contributed by atoms with Crippen LogP contribution in [0.4, 0.5) is 5.69 Å². The van der Waals surface area contributed by atoms with Crippen molar-refractivity contribution in [1.82, 2.24) is 4.90 Å². The summed E-state index contributed by atoms with van der Waals surface area (Å²) in [5.74, 6) is -1.44. The molecule has 3 rings (SSSR count). The molecule has 2 fully saturated rings. The highest BCUT2D eigenvalue weighted by Gasteiger charge is 2.32. The molecule has 0 aliphatic carbocycles. The van der Waals surface area contributed by atoms with Crippen LogP contribution in [-0.4, -0.2) is 55.7 Å². The SMILES string of the molecule is Cc1cc(N2CCCS2(=O)=O)ccc1C(=O)N1CCC(C(=O)O)C1. The Balaban J connectivity index is 1.80. The van der Waals surface area contributed by atoms with E-state index in [1.165, 1.54) is 4.31 Å². The van der Waals surface area contributed by atoms with Gasteiger partial charge in [0.1, 0.15) is 0 Å². The van der Waals surface area contributed by atoms with E-state index >= 15 is 0 Å². The molecule has 8 heteroatoms. The summed E-state index contributed by atoms with van der Waals surface area (Å²) in [5.41, 5.74) is 1.76. The van der Waals surface area contributed by atoms with Crippen molar-refractivity contribution in [2.75, 3.05) is 29.7 Å². The second kappa shape index (κ2) is 6.08. The minimum absolute atomic E-state index is 0.150. The van der Waals surface area contributed by atoms with Crippen LogP contribution >= 0.6 is 0 Å². The van der Waals surface area contributed by atoms with Crippen molar-refractivity contribution in [3.05, 3.63) is 29.3 Å². The lowest BCUT2D eigenvalue weighted by Gasteiger charge is -2.20. The molecule has 1 atom stereocenters. The summed E-state index contributed by atoms with van der Waals surface area (Å²) < 4.78 is 25.4. The van der Waals surface area contributed by atoms with E-state index in [1.807, 2.05) is 0 Å². The van der Waals surface area contributed by atoms with Crippen LogP contribution in [0, 0.1) is 12.8 Å². The van der Waals surface area contributed by atoms with Gasteiger partial charge in [0, 0.05) is 25.2 Å². The van der Waals surface area contributed by atoms with E-state index in [9.17, 15) is 18.0 Å². The zero-order valence-electron chi connectivity index (χ0n) is 13.4.